The van der Waals surface area contributed by atoms with E-state index in [-0.39, 0.29) is 0 Å². The molecule has 0 atom stereocenters. The highest BCUT2D eigenvalue weighted by molar-refractivity contribution is 6.27. The molecule has 0 aliphatic carbocycles. The summed E-state index contributed by atoms with van der Waals surface area (Å²) in [6.07, 6.45) is 0. The summed E-state index contributed by atoms with van der Waals surface area (Å²) in [5.41, 5.74) is 13.6. The zero-order valence-corrected chi connectivity index (χ0v) is 31.6. The highest BCUT2D eigenvalue weighted by Crippen LogP contribution is 2.49. The summed E-state index contributed by atoms with van der Waals surface area (Å²) in [7, 11) is 0. The highest BCUT2D eigenvalue weighted by atomic mass is 16.3. The zero-order chi connectivity index (χ0) is 38.6. The Morgan fingerprint density at radius 3 is 1.59 bits per heavy atom. The van der Waals surface area contributed by atoms with Crippen LogP contribution in [0.1, 0.15) is 0 Å². The molecule has 0 amide bonds. The summed E-state index contributed by atoms with van der Waals surface area (Å²) >= 11 is 0. The highest BCUT2D eigenvalue weighted by Gasteiger charge is 2.25. The maximum Gasteiger partial charge on any atom is 0.138 e. The van der Waals surface area contributed by atoms with Crippen molar-refractivity contribution in [3.8, 4) is 16.8 Å². The molecule has 59 heavy (non-hydrogen) atoms. The maximum atomic E-state index is 6.73. The Hall–Kier alpha value is -8.02. The van der Waals surface area contributed by atoms with Gasteiger partial charge in [0.25, 0.3) is 0 Å². The second kappa shape index (κ2) is 12.2. The number of nitrogens with zero attached hydrogens (tertiary/aromatic N) is 2. The standard InChI is InChI=1S/C54H32N2O3/c1-3-13-34(14-4-1)55(37-24-27-41-39-18-8-11-21-47(39)58-50(41)31-37)36-25-28-44-43(30-36)53-45(56(44)35-15-5-2-6-16-35)32-51-54(42-19-9-12-22-48(42)59-51)52(53)33-23-26-40-38-17-7-10-20-46(38)57-49(40)29-33/h1-32H. The van der Waals surface area contributed by atoms with E-state index in [4.69, 9.17) is 13.3 Å². The molecule has 0 saturated carbocycles. The van der Waals surface area contributed by atoms with Crippen LogP contribution in [0.4, 0.5) is 17.1 Å². The summed E-state index contributed by atoms with van der Waals surface area (Å²) in [5, 5.41) is 8.84. The molecule has 13 rings (SSSR count). The van der Waals surface area contributed by atoms with Crippen molar-refractivity contribution < 1.29 is 13.3 Å². The van der Waals surface area contributed by atoms with Crippen molar-refractivity contribution in [3.05, 3.63) is 194 Å². The molecule has 9 aromatic carbocycles. The van der Waals surface area contributed by atoms with Gasteiger partial charge in [-0.25, -0.2) is 0 Å². The fraction of sp³-hybridized carbons (Fsp3) is 0. The quantitative estimate of drug-likeness (QED) is 0.175. The van der Waals surface area contributed by atoms with Gasteiger partial charge in [-0.15, -0.1) is 0 Å². The number of furan rings is 3. The van der Waals surface area contributed by atoms with Crippen LogP contribution >= 0.6 is 0 Å². The molecule has 0 N–H and O–H groups in total. The van der Waals surface area contributed by atoms with Gasteiger partial charge in [-0.2, -0.15) is 0 Å². The third-order valence-corrected chi connectivity index (χ3v) is 12.0. The second-order valence-corrected chi connectivity index (χ2v) is 15.2. The predicted molar refractivity (Wildman–Crippen MR) is 243 cm³/mol. The van der Waals surface area contributed by atoms with E-state index in [9.17, 15) is 0 Å². The van der Waals surface area contributed by atoms with E-state index in [1.54, 1.807) is 0 Å². The number of fused-ring (bicyclic) bond motifs is 12. The van der Waals surface area contributed by atoms with Gasteiger partial charge in [0.15, 0.2) is 0 Å². The first-order chi connectivity index (χ1) is 29.2. The van der Waals surface area contributed by atoms with Crippen molar-refractivity contribution in [1.82, 2.24) is 4.57 Å². The average molecular weight is 757 g/mol. The third kappa shape index (κ3) is 4.73. The maximum absolute atomic E-state index is 6.73. The molecule has 0 spiro atoms. The third-order valence-electron chi connectivity index (χ3n) is 12.0. The van der Waals surface area contributed by atoms with Crippen molar-refractivity contribution >= 4 is 105 Å². The topological polar surface area (TPSA) is 47.6 Å². The summed E-state index contributed by atoms with van der Waals surface area (Å²) in [4.78, 5) is 2.32. The van der Waals surface area contributed by atoms with E-state index >= 15 is 0 Å². The summed E-state index contributed by atoms with van der Waals surface area (Å²) in [6.45, 7) is 0. The number of aromatic nitrogens is 1. The van der Waals surface area contributed by atoms with E-state index in [1.807, 2.05) is 30.3 Å². The monoisotopic (exact) mass is 756 g/mol. The van der Waals surface area contributed by atoms with Gasteiger partial charge in [-0.3, -0.25) is 0 Å². The lowest BCUT2D eigenvalue weighted by molar-refractivity contribution is 0.668. The molecule has 5 heteroatoms. The van der Waals surface area contributed by atoms with Gasteiger partial charge in [0.2, 0.25) is 0 Å². The number of anilines is 3. The van der Waals surface area contributed by atoms with Crippen LogP contribution in [0.25, 0.3) is 104 Å². The minimum atomic E-state index is 0.837. The van der Waals surface area contributed by atoms with Gasteiger partial charge in [0, 0.05) is 83.5 Å². The Morgan fingerprint density at radius 2 is 0.864 bits per heavy atom. The van der Waals surface area contributed by atoms with Crippen LogP contribution < -0.4 is 4.90 Å². The number of rotatable bonds is 5. The Kier molecular flexibility index (Phi) is 6.66. The molecule has 0 aliphatic heterocycles. The lowest BCUT2D eigenvalue weighted by atomic mass is 9.93. The number of hydrogen-bond acceptors (Lipinski definition) is 4. The van der Waals surface area contributed by atoms with Crippen LogP contribution in [0.5, 0.6) is 0 Å². The van der Waals surface area contributed by atoms with E-state index < -0.39 is 0 Å². The lowest BCUT2D eigenvalue weighted by Gasteiger charge is -2.25. The molecule has 0 saturated heterocycles. The molecular formula is C54H32N2O3. The summed E-state index contributed by atoms with van der Waals surface area (Å²) < 4.78 is 22.1. The average Bonchev–Trinajstić information content (AvgIpc) is 4.04. The number of benzene rings is 9. The first-order valence-electron chi connectivity index (χ1n) is 19.9. The van der Waals surface area contributed by atoms with Gasteiger partial charge in [-0.05, 0) is 90.5 Å². The van der Waals surface area contributed by atoms with Crippen LogP contribution in [-0.4, -0.2) is 4.57 Å². The molecule has 13 aromatic rings. The SMILES string of the molecule is c1ccc(N(c2ccc3c(c2)oc2ccccc23)c2ccc3c(c2)c2c(-c4ccc5c(c4)oc4ccccc45)c4c(cc2n3-c2ccccc2)oc2ccccc24)cc1. The van der Waals surface area contributed by atoms with E-state index in [0.717, 1.165) is 121 Å². The van der Waals surface area contributed by atoms with Crippen molar-refractivity contribution in [3.63, 3.8) is 0 Å². The van der Waals surface area contributed by atoms with Crippen LogP contribution in [0.15, 0.2) is 207 Å². The Morgan fingerprint density at radius 1 is 0.322 bits per heavy atom. The second-order valence-electron chi connectivity index (χ2n) is 15.2. The predicted octanol–water partition coefficient (Wildman–Crippen LogP) is 15.6. The summed E-state index contributed by atoms with van der Waals surface area (Å²) in [5.74, 6) is 0. The Balaban J connectivity index is 1.15. The van der Waals surface area contributed by atoms with E-state index in [2.05, 4.69) is 173 Å². The molecule has 0 bridgehead atoms. The van der Waals surface area contributed by atoms with E-state index in [0.29, 0.717) is 0 Å². The van der Waals surface area contributed by atoms with Gasteiger partial charge >= 0.3 is 0 Å². The molecule has 276 valence electrons. The largest absolute Gasteiger partial charge is 0.456 e. The molecule has 5 nitrogen and oxygen atoms in total. The van der Waals surface area contributed by atoms with Crippen LogP contribution in [-0.2, 0) is 0 Å². The molecule has 4 aromatic heterocycles. The first-order valence-corrected chi connectivity index (χ1v) is 19.9. The number of para-hydroxylation sites is 5. The first kappa shape index (κ1) is 32.1. The normalized spacial score (nSPS) is 12.1. The Bertz CT molecular complexity index is 3790. The molecular weight excluding hydrogens is 725 g/mol. The molecule has 0 radical (unpaired) electrons. The fourth-order valence-electron chi connectivity index (χ4n) is 9.41. The van der Waals surface area contributed by atoms with Gasteiger partial charge in [0.1, 0.15) is 33.5 Å². The minimum Gasteiger partial charge on any atom is -0.456 e. The van der Waals surface area contributed by atoms with E-state index in [1.165, 1.54) is 0 Å². The van der Waals surface area contributed by atoms with Crippen molar-refractivity contribution in [2.45, 2.75) is 0 Å². The molecule has 0 unspecified atom stereocenters. The molecule has 0 aliphatic rings. The van der Waals surface area contributed by atoms with Crippen molar-refractivity contribution in [2.75, 3.05) is 4.90 Å². The lowest BCUT2D eigenvalue weighted by Crippen LogP contribution is -2.09. The Labute approximate surface area is 337 Å². The van der Waals surface area contributed by atoms with Crippen LogP contribution in [0.2, 0.25) is 0 Å². The van der Waals surface area contributed by atoms with Crippen LogP contribution in [0, 0.1) is 0 Å². The van der Waals surface area contributed by atoms with Crippen molar-refractivity contribution in [1.29, 1.82) is 0 Å². The number of hydrogen-bond donors (Lipinski definition) is 0. The minimum absolute atomic E-state index is 0.837. The molecule has 0 fully saturated rings. The van der Waals surface area contributed by atoms with Crippen molar-refractivity contribution in [2.24, 2.45) is 0 Å². The van der Waals surface area contributed by atoms with Gasteiger partial charge in [0.05, 0.1) is 11.0 Å². The van der Waals surface area contributed by atoms with Crippen LogP contribution in [0.3, 0.4) is 0 Å². The smallest absolute Gasteiger partial charge is 0.138 e. The fourth-order valence-corrected chi connectivity index (χ4v) is 9.41. The molecule has 4 heterocycles. The summed E-state index contributed by atoms with van der Waals surface area (Å²) in [6, 6.07) is 68.3. The zero-order valence-electron chi connectivity index (χ0n) is 31.6. The van der Waals surface area contributed by atoms with Gasteiger partial charge < -0.3 is 22.7 Å². The van der Waals surface area contributed by atoms with Gasteiger partial charge in [-0.1, -0.05) is 97.1 Å².